The van der Waals surface area contributed by atoms with Crippen molar-refractivity contribution in [3.63, 3.8) is 0 Å². The number of hydrogen-bond donors (Lipinski definition) is 2. The molecule has 0 bridgehead atoms. The minimum absolute atomic E-state index is 0.0382. The minimum Gasteiger partial charge on any atom is -0.481 e. The number of hydrogen-bond acceptors (Lipinski definition) is 6. The van der Waals surface area contributed by atoms with Crippen LogP contribution in [-0.4, -0.2) is 60.2 Å². The molecule has 3 aromatic carbocycles. The Balaban J connectivity index is 1.28. The highest BCUT2D eigenvalue weighted by molar-refractivity contribution is 5.82. The number of amides is 2. The number of carboxylic acids is 1. The summed E-state index contributed by atoms with van der Waals surface area (Å²) in [6, 6.07) is 25.2. The molecule has 0 radical (unpaired) electrons. The topological polar surface area (TPSA) is 122 Å². The van der Waals surface area contributed by atoms with Crippen molar-refractivity contribution < 1.29 is 33.8 Å². The number of benzene rings is 3. The van der Waals surface area contributed by atoms with E-state index in [0.717, 1.165) is 27.8 Å². The zero-order chi connectivity index (χ0) is 28.3. The van der Waals surface area contributed by atoms with E-state index in [0.29, 0.717) is 0 Å². The van der Waals surface area contributed by atoms with Gasteiger partial charge in [0, 0.05) is 31.8 Å². The number of nitrogens with zero attached hydrogens (tertiary/aromatic N) is 1. The molecular weight excluding hydrogens is 512 g/mol. The Kier molecular flexibility index (Phi) is 9.88. The first-order valence-electron chi connectivity index (χ1n) is 13.2. The minimum atomic E-state index is -1.00. The smallest absolute Gasteiger partial charge is 0.407 e. The van der Waals surface area contributed by atoms with Gasteiger partial charge in [0.1, 0.15) is 19.8 Å². The SMILES string of the molecule is O=C(O)CCCC(=O)N(CCNC(=O)OCC1c2ccccc2-c2ccccc21)CC(=O)OCc1ccccc1. The van der Waals surface area contributed by atoms with Gasteiger partial charge in [0.2, 0.25) is 5.91 Å². The molecule has 9 heteroatoms. The second-order valence-corrected chi connectivity index (χ2v) is 9.46. The third-order valence-corrected chi connectivity index (χ3v) is 6.69. The van der Waals surface area contributed by atoms with Crippen molar-refractivity contribution in [2.24, 2.45) is 0 Å². The molecule has 1 aliphatic rings. The molecule has 0 fully saturated rings. The number of nitrogens with one attached hydrogen (secondary N) is 1. The fraction of sp³-hybridized carbons (Fsp3) is 0.290. The molecule has 208 valence electrons. The van der Waals surface area contributed by atoms with Gasteiger partial charge in [0.15, 0.2) is 0 Å². The molecule has 0 saturated heterocycles. The largest absolute Gasteiger partial charge is 0.481 e. The van der Waals surface area contributed by atoms with Crippen molar-refractivity contribution in [3.8, 4) is 11.1 Å². The number of fused-ring (bicyclic) bond motifs is 3. The summed E-state index contributed by atoms with van der Waals surface area (Å²) in [5.41, 5.74) is 5.27. The lowest BCUT2D eigenvalue weighted by Crippen LogP contribution is -2.42. The summed E-state index contributed by atoms with van der Waals surface area (Å²) >= 11 is 0. The van der Waals surface area contributed by atoms with E-state index >= 15 is 0 Å². The summed E-state index contributed by atoms with van der Waals surface area (Å²) in [5.74, 6) is -2.08. The summed E-state index contributed by atoms with van der Waals surface area (Å²) in [4.78, 5) is 49.8. The van der Waals surface area contributed by atoms with Gasteiger partial charge in [-0.05, 0) is 34.2 Å². The molecule has 0 spiro atoms. The standard InChI is InChI=1S/C31H32N2O7/c34-28(15-8-16-29(35)36)33(19-30(37)39-20-22-9-2-1-3-10-22)18-17-32-31(38)40-21-27-25-13-6-4-11-23(25)24-12-5-7-14-26(24)27/h1-7,9-14,27H,8,15-21H2,(H,32,38)(H,35,36). The van der Waals surface area contributed by atoms with Crippen molar-refractivity contribution in [3.05, 3.63) is 95.6 Å². The first kappa shape index (κ1) is 28.4. The van der Waals surface area contributed by atoms with Crippen LogP contribution < -0.4 is 5.32 Å². The third-order valence-electron chi connectivity index (χ3n) is 6.69. The Hall–Kier alpha value is -4.66. The fourth-order valence-electron chi connectivity index (χ4n) is 4.72. The van der Waals surface area contributed by atoms with Crippen LogP contribution in [0.1, 0.15) is 41.9 Å². The molecule has 4 rings (SSSR count). The van der Waals surface area contributed by atoms with E-state index in [4.69, 9.17) is 14.6 Å². The number of aliphatic carboxylic acids is 1. The van der Waals surface area contributed by atoms with Crippen LogP contribution in [-0.2, 0) is 30.5 Å². The molecule has 0 unspecified atom stereocenters. The average molecular weight is 545 g/mol. The number of esters is 1. The molecule has 2 amide bonds. The third kappa shape index (κ3) is 7.69. The molecule has 0 aromatic heterocycles. The highest BCUT2D eigenvalue weighted by Crippen LogP contribution is 2.44. The van der Waals surface area contributed by atoms with E-state index in [-0.39, 0.29) is 58.0 Å². The van der Waals surface area contributed by atoms with Crippen LogP contribution in [0, 0.1) is 0 Å². The lowest BCUT2D eigenvalue weighted by molar-refractivity contribution is -0.150. The molecule has 0 saturated carbocycles. The first-order valence-corrected chi connectivity index (χ1v) is 13.2. The summed E-state index contributed by atoms with van der Waals surface area (Å²) in [7, 11) is 0. The highest BCUT2D eigenvalue weighted by atomic mass is 16.5. The van der Waals surface area contributed by atoms with Crippen molar-refractivity contribution in [1.29, 1.82) is 0 Å². The van der Waals surface area contributed by atoms with Gasteiger partial charge < -0.3 is 24.8 Å². The Labute approximate surface area is 232 Å². The van der Waals surface area contributed by atoms with Crippen molar-refractivity contribution in [2.45, 2.75) is 31.8 Å². The zero-order valence-corrected chi connectivity index (χ0v) is 22.1. The summed E-state index contributed by atoms with van der Waals surface area (Å²) in [6.07, 6.45) is -0.685. The van der Waals surface area contributed by atoms with E-state index in [1.54, 1.807) is 0 Å². The number of carbonyl (C=O) groups excluding carboxylic acids is 3. The Bertz CT molecular complexity index is 1300. The lowest BCUT2D eigenvalue weighted by Gasteiger charge is -2.22. The van der Waals surface area contributed by atoms with Crippen LogP contribution in [0.2, 0.25) is 0 Å². The molecular formula is C31H32N2O7. The Morgan fingerprint density at radius 3 is 2.08 bits per heavy atom. The van der Waals surface area contributed by atoms with E-state index in [1.165, 1.54) is 4.90 Å². The van der Waals surface area contributed by atoms with E-state index in [9.17, 15) is 19.2 Å². The maximum atomic E-state index is 12.7. The van der Waals surface area contributed by atoms with Crippen LogP contribution in [0.3, 0.4) is 0 Å². The Morgan fingerprint density at radius 2 is 1.43 bits per heavy atom. The lowest BCUT2D eigenvalue weighted by atomic mass is 9.98. The predicted octanol–water partition coefficient (Wildman–Crippen LogP) is 4.35. The molecule has 9 nitrogen and oxygen atoms in total. The number of rotatable bonds is 13. The van der Waals surface area contributed by atoms with Gasteiger partial charge in [0.05, 0.1) is 0 Å². The second kappa shape index (κ2) is 13.9. The summed E-state index contributed by atoms with van der Waals surface area (Å²) < 4.78 is 10.8. The van der Waals surface area contributed by atoms with Gasteiger partial charge in [-0.3, -0.25) is 14.4 Å². The molecule has 0 heterocycles. The van der Waals surface area contributed by atoms with Crippen LogP contribution in [0.15, 0.2) is 78.9 Å². The first-order chi connectivity index (χ1) is 19.4. The second-order valence-electron chi connectivity index (χ2n) is 9.46. The van der Waals surface area contributed by atoms with E-state index in [1.807, 2.05) is 66.7 Å². The highest BCUT2D eigenvalue weighted by Gasteiger charge is 2.29. The summed E-state index contributed by atoms with van der Waals surface area (Å²) in [5, 5.41) is 11.5. The summed E-state index contributed by atoms with van der Waals surface area (Å²) in [6.45, 7) is -0.00280. The zero-order valence-electron chi connectivity index (χ0n) is 22.1. The molecule has 0 atom stereocenters. The van der Waals surface area contributed by atoms with Gasteiger partial charge in [-0.15, -0.1) is 0 Å². The maximum Gasteiger partial charge on any atom is 0.407 e. The number of alkyl carbamates (subject to hydrolysis) is 1. The van der Waals surface area contributed by atoms with Crippen molar-refractivity contribution >= 4 is 23.9 Å². The average Bonchev–Trinajstić information content (AvgIpc) is 3.28. The van der Waals surface area contributed by atoms with Crippen LogP contribution in [0.4, 0.5) is 4.79 Å². The van der Waals surface area contributed by atoms with Gasteiger partial charge >= 0.3 is 18.0 Å². The Morgan fingerprint density at radius 1 is 0.800 bits per heavy atom. The number of ether oxygens (including phenoxy) is 2. The monoisotopic (exact) mass is 544 g/mol. The molecule has 2 N–H and O–H groups in total. The van der Waals surface area contributed by atoms with Gasteiger partial charge in [-0.2, -0.15) is 0 Å². The van der Waals surface area contributed by atoms with Gasteiger partial charge in [-0.25, -0.2) is 4.79 Å². The molecule has 3 aromatic rings. The van der Waals surface area contributed by atoms with Crippen molar-refractivity contribution in [2.75, 3.05) is 26.2 Å². The maximum absolute atomic E-state index is 12.7. The predicted molar refractivity (Wildman–Crippen MR) is 147 cm³/mol. The molecule has 0 aliphatic heterocycles. The van der Waals surface area contributed by atoms with Crippen molar-refractivity contribution in [1.82, 2.24) is 10.2 Å². The van der Waals surface area contributed by atoms with Gasteiger partial charge in [0.25, 0.3) is 0 Å². The van der Waals surface area contributed by atoms with Crippen LogP contribution in [0.5, 0.6) is 0 Å². The van der Waals surface area contributed by atoms with Crippen LogP contribution in [0.25, 0.3) is 11.1 Å². The fourth-order valence-corrected chi connectivity index (χ4v) is 4.72. The number of carboxylic acid groups (broad SMARTS) is 1. The van der Waals surface area contributed by atoms with Crippen LogP contribution >= 0.6 is 0 Å². The van der Waals surface area contributed by atoms with E-state index in [2.05, 4.69) is 17.4 Å². The quantitative estimate of drug-likeness (QED) is 0.307. The normalized spacial score (nSPS) is 11.7. The number of carbonyl (C=O) groups is 4. The van der Waals surface area contributed by atoms with Gasteiger partial charge in [-0.1, -0.05) is 78.9 Å². The van der Waals surface area contributed by atoms with E-state index < -0.39 is 23.9 Å². The molecule has 40 heavy (non-hydrogen) atoms. The molecule has 1 aliphatic carbocycles.